The van der Waals surface area contributed by atoms with E-state index >= 15 is 0 Å². The normalized spacial score (nSPS) is 17.0. The Bertz CT molecular complexity index is 916. The Morgan fingerprint density at radius 2 is 1.91 bits per heavy atom. The van der Waals surface area contributed by atoms with Crippen molar-refractivity contribution in [2.75, 3.05) is 12.3 Å². The van der Waals surface area contributed by atoms with E-state index in [0.717, 1.165) is 0 Å². The smallest absolute Gasteiger partial charge is 0.407 e. The van der Waals surface area contributed by atoms with Crippen molar-refractivity contribution in [3.05, 3.63) is 30.3 Å². The molecule has 0 unspecified atom stereocenters. The molecule has 0 saturated carbocycles. The highest BCUT2D eigenvalue weighted by atomic mass is 32.2. The van der Waals surface area contributed by atoms with Gasteiger partial charge in [0.25, 0.3) is 0 Å². The molecule has 0 aliphatic carbocycles. The Kier molecular flexibility index (Phi) is 8.86. The van der Waals surface area contributed by atoms with Gasteiger partial charge in [0.2, 0.25) is 17.7 Å². The molecule has 0 radical (unpaired) electrons. The number of primary amides is 1. The van der Waals surface area contributed by atoms with E-state index in [2.05, 4.69) is 10.3 Å². The van der Waals surface area contributed by atoms with Gasteiger partial charge in [-0.15, -0.1) is 0 Å². The molecule has 2 rings (SSSR count). The zero-order chi connectivity index (χ0) is 24.8. The molecule has 1 aliphatic heterocycles. The predicted molar refractivity (Wildman–Crippen MR) is 127 cm³/mol. The Balaban J connectivity index is 2.05. The highest BCUT2D eigenvalue weighted by Gasteiger charge is 2.36. The number of nitrogens with two attached hydrogens (primary N) is 1. The lowest BCUT2D eigenvalue weighted by molar-refractivity contribution is -0.134. The van der Waals surface area contributed by atoms with E-state index in [1.807, 2.05) is 18.2 Å². The highest BCUT2D eigenvalue weighted by molar-refractivity contribution is 8.15. The molecule has 1 aromatic carbocycles. The molecule has 4 N–H and O–H groups in total. The molecule has 1 heterocycles. The number of nitrogens with zero attached hydrogens (tertiary/aromatic N) is 3. The van der Waals surface area contributed by atoms with Crippen molar-refractivity contribution in [1.29, 1.82) is 0 Å². The first kappa shape index (κ1) is 26.2. The molecule has 0 aromatic heterocycles. The van der Waals surface area contributed by atoms with Gasteiger partial charge in [0.15, 0.2) is 5.17 Å². The zero-order valence-corrected chi connectivity index (χ0v) is 20.1. The van der Waals surface area contributed by atoms with Crippen molar-refractivity contribution in [1.82, 2.24) is 15.1 Å². The molecule has 4 amide bonds. The lowest BCUT2D eigenvalue weighted by Crippen LogP contribution is -2.53. The summed E-state index contributed by atoms with van der Waals surface area (Å²) in [5.41, 5.74) is 5.52. The van der Waals surface area contributed by atoms with Crippen LogP contribution in [0.3, 0.4) is 0 Å². The highest BCUT2D eigenvalue weighted by Crippen LogP contribution is 2.25. The van der Waals surface area contributed by atoms with Gasteiger partial charge in [0, 0.05) is 12.1 Å². The number of carboxylic acid groups (broad SMARTS) is 1. The monoisotopic (exact) mass is 477 g/mol. The van der Waals surface area contributed by atoms with Gasteiger partial charge in [-0.1, -0.05) is 30.0 Å². The van der Waals surface area contributed by atoms with Crippen LogP contribution in [0.5, 0.6) is 0 Å². The number of para-hydroxylation sites is 1. The molecule has 2 atom stereocenters. The number of thioether (sulfide) groups is 1. The van der Waals surface area contributed by atoms with Crippen LogP contribution in [0.4, 0.5) is 10.5 Å². The summed E-state index contributed by atoms with van der Waals surface area (Å²) < 4.78 is 0. The van der Waals surface area contributed by atoms with Crippen LogP contribution in [-0.4, -0.2) is 73.8 Å². The van der Waals surface area contributed by atoms with Gasteiger partial charge in [0.1, 0.15) is 12.1 Å². The largest absolute Gasteiger partial charge is 0.465 e. The molecule has 11 heteroatoms. The molecular weight excluding hydrogens is 446 g/mol. The molecule has 10 nitrogen and oxygen atoms in total. The molecule has 1 saturated heterocycles. The SMILES string of the molecule is C[C@@H](C(=O)N[C@@H](CCCN(C(=O)O)C(C)(C)C)C(N)=O)N1C(=O)CS/C1=N\c1ccccc1. The first-order valence-electron chi connectivity index (χ1n) is 10.6. The van der Waals surface area contributed by atoms with Crippen LogP contribution in [0.15, 0.2) is 35.3 Å². The number of amides is 4. The van der Waals surface area contributed by atoms with E-state index in [4.69, 9.17) is 5.73 Å². The number of aliphatic imine (C=N–C) groups is 1. The number of hydrogen-bond donors (Lipinski definition) is 3. The summed E-state index contributed by atoms with van der Waals surface area (Å²) in [6, 6.07) is 7.19. The number of rotatable bonds is 9. The number of carbonyl (C=O) groups is 4. The van der Waals surface area contributed by atoms with E-state index < -0.39 is 35.5 Å². The molecule has 1 fully saturated rings. The third kappa shape index (κ3) is 7.21. The van der Waals surface area contributed by atoms with Crippen LogP contribution in [0.1, 0.15) is 40.5 Å². The van der Waals surface area contributed by atoms with E-state index in [9.17, 15) is 24.3 Å². The fourth-order valence-electron chi connectivity index (χ4n) is 3.32. The zero-order valence-electron chi connectivity index (χ0n) is 19.3. The van der Waals surface area contributed by atoms with Gasteiger partial charge in [-0.2, -0.15) is 0 Å². The second-order valence-corrected chi connectivity index (χ2v) is 9.61. The number of benzene rings is 1. The Hall–Kier alpha value is -3.08. The van der Waals surface area contributed by atoms with Crippen LogP contribution in [-0.2, 0) is 14.4 Å². The number of nitrogens with one attached hydrogen (secondary N) is 1. The number of carbonyl (C=O) groups excluding carboxylic acids is 3. The minimum Gasteiger partial charge on any atom is -0.465 e. The van der Waals surface area contributed by atoms with Gasteiger partial charge >= 0.3 is 6.09 Å². The minimum absolute atomic E-state index is 0.167. The lowest BCUT2D eigenvalue weighted by atomic mass is 10.0. The summed E-state index contributed by atoms with van der Waals surface area (Å²) >= 11 is 1.24. The van der Waals surface area contributed by atoms with E-state index in [0.29, 0.717) is 17.3 Å². The molecule has 0 spiro atoms. The maximum atomic E-state index is 12.9. The third-order valence-corrected chi connectivity index (χ3v) is 6.06. The summed E-state index contributed by atoms with van der Waals surface area (Å²) in [6.45, 7) is 7.06. The average molecular weight is 478 g/mol. The standard InChI is InChI=1S/C22H31N5O5S/c1-14(27-17(28)13-33-20(27)24-15-9-6-5-7-10-15)19(30)25-16(18(23)29)11-8-12-26(21(31)32)22(2,3)4/h5-7,9-10,14,16H,8,11-13H2,1-4H3,(H2,23,29)(H,25,30)(H,31,32)/b24-20-/t14-,16-/m0/s1. The second kappa shape index (κ2) is 11.2. The van der Waals surface area contributed by atoms with Gasteiger partial charge in [-0.3, -0.25) is 19.3 Å². The predicted octanol–water partition coefficient (Wildman–Crippen LogP) is 2.17. The van der Waals surface area contributed by atoms with Gasteiger partial charge in [-0.05, 0) is 52.7 Å². The summed E-state index contributed by atoms with van der Waals surface area (Å²) in [7, 11) is 0. The average Bonchev–Trinajstić information content (AvgIpc) is 3.08. The van der Waals surface area contributed by atoms with Gasteiger partial charge in [-0.25, -0.2) is 9.79 Å². The van der Waals surface area contributed by atoms with Crippen LogP contribution in [0.2, 0.25) is 0 Å². The first-order chi connectivity index (χ1) is 15.4. The summed E-state index contributed by atoms with van der Waals surface area (Å²) in [5.74, 6) is -1.36. The Labute approximate surface area is 197 Å². The van der Waals surface area contributed by atoms with Crippen LogP contribution < -0.4 is 11.1 Å². The first-order valence-corrected chi connectivity index (χ1v) is 11.6. The molecule has 1 aromatic rings. The van der Waals surface area contributed by atoms with Crippen molar-refractivity contribution < 1.29 is 24.3 Å². The van der Waals surface area contributed by atoms with Crippen LogP contribution >= 0.6 is 11.8 Å². The molecule has 0 bridgehead atoms. The molecule has 180 valence electrons. The van der Waals surface area contributed by atoms with Crippen molar-refractivity contribution >= 4 is 46.4 Å². The van der Waals surface area contributed by atoms with E-state index in [1.165, 1.54) is 21.6 Å². The quantitative estimate of drug-likeness (QED) is 0.497. The molecule has 33 heavy (non-hydrogen) atoms. The van der Waals surface area contributed by atoms with Gasteiger partial charge < -0.3 is 21.1 Å². The molecular formula is C22H31N5O5S. The third-order valence-electron chi connectivity index (χ3n) is 5.12. The number of hydrogen-bond acceptors (Lipinski definition) is 6. The van der Waals surface area contributed by atoms with Gasteiger partial charge in [0.05, 0.1) is 11.4 Å². The van der Waals surface area contributed by atoms with Crippen molar-refractivity contribution in [2.45, 2.75) is 58.2 Å². The van der Waals surface area contributed by atoms with E-state index in [-0.39, 0.29) is 24.6 Å². The van der Waals surface area contributed by atoms with E-state index in [1.54, 1.807) is 39.8 Å². The maximum absolute atomic E-state index is 12.9. The van der Waals surface area contributed by atoms with Crippen molar-refractivity contribution in [2.24, 2.45) is 10.7 Å². The topological polar surface area (TPSA) is 145 Å². The summed E-state index contributed by atoms with van der Waals surface area (Å²) in [6.07, 6.45) is -0.571. The summed E-state index contributed by atoms with van der Waals surface area (Å²) in [4.78, 5) is 55.8. The van der Waals surface area contributed by atoms with Crippen LogP contribution in [0.25, 0.3) is 0 Å². The minimum atomic E-state index is -1.06. The van der Waals surface area contributed by atoms with Crippen LogP contribution in [0, 0.1) is 0 Å². The second-order valence-electron chi connectivity index (χ2n) is 8.67. The lowest BCUT2D eigenvalue weighted by Gasteiger charge is -2.33. The Morgan fingerprint density at radius 3 is 2.45 bits per heavy atom. The van der Waals surface area contributed by atoms with Crippen molar-refractivity contribution in [3.8, 4) is 0 Å². The Morgan fingerprint density at radius 1 is 1.27 bits per heavy atom. The summed E-state index contributed by atoms with van der Waals surface area (Å²) in [5, 5.41) is 12.4. The van der Waals surface area contributed by atoms with Crippen molar-refractivity contribution in [3.63, 3.8) is 0 Å². The maximum Gasteiger partial charge on any atom is 0.407 e. The number of amidine groups is 1. The fourth-order valence-corrected chi connectivity index (χ4v) is 4.28. The fraction of sp³-hybridized carbons (Fsp3) is 0.500. The molecule has 1 aliphatic rings.